The van der Waals surface area contributed by atoms with Crippen molar-refractivity contribution in [3.8, 4) is 17.5 Å². The number of benzene rings is 1. The first-order chi connectivity index (χ1) is 6.90. The molecule has 2 aromatic rings. The minimum Gasteiger partial charge on any atom is -0.223 e. The van der Waals surface area contributed by atoms with Crippen LogP contribution in [0.3, 0.4) is 0 Å². The molecule has 0 fully saturated rings. The number of nitrogens with zero attached hydrogens (tertiary/aromatic N) is 3. The van der Waals surface area contributed by atoms with Crippen LogP contribution in [0.4, 0.5) is 0 Å². The van der Waals surface area contributed by atoms with Crippen LogP contribution in [0.25, 0.3) is 5.69 Å². The third-order valence-corrected chi connectivity index (χ3v) is 1.82. The summed E-state index contributed by atoms with van der Waals surface area (Å²) in [6.07, 6.45) is 3.18. The predicted molar refractivity (Wildman–Crippen MR) is 53.9 cm³/mol. The molecule has 0 aliphatic heterocycles. The van der Waals surface area contributed by atoms with Gasteiger partial charge in [-0.15, -0.1) is 5.92 Å². The van der Waals surface area contributed by atoms with E-state index in [0.717, 1.165) is 11.3 Å². The van der Waals surface area contributed by atoms with Gasteiger partial charge in [-0.1, -0.05) is 5.92 Å². The molecular weight excluding hydrogens is 174 g/mol. The fraction of sp³-hybridized carbons (Fsp3) is 0.0909. The summed E-state index contributed by atoms with van der Waals surface area (Å²) in [5.74, 6) is 5.84. The van der Waals surface area contributed by atoms with Gasteiger partial charge in [-0.2, -0.15) is 5.10 Å². The normalized spacial score (nSPS) is 9.21. The lowest BCUT2D eigenvalue weighted by atomic mass is 10.2. The fourth-order valence-electron chi connectivity index (χ4n) is 1.18. The van der Waals surface area contributed by atoms with Crippen LogP contribution in [-0.4, -0.2) is 14.8 Å². The molecule has 0 amide bonds. The Morgan fingerprint density at radius 1 is 1.21 bits per heavy atom. The van der Waals surface area contributed by atoms with E-state index in [-0.39, 0.29) is 0 Å². The smallest absolute Gasteiger partial charge is 0.138 e. The average Bonchev–Trinajstić information content (AvgIpc) is 2.72. The van der Waals surface area contributed by atoms with Crippen LogP contribution >= 0.6 is 0 Å². The van der Waals surface area contributed by atoms with Crippen molar-refractivity contribution in [2.24, 2.45) is 0 Å². The SMILES string of the molecule is CC#Cc1ccc(-n2cncn2)cc1. The Bertz CT molecular complexity index is 457. The van der Waals surface area contributed by atoms with Gasteiger partial charge < -0.3 is 0 Å². The first-order valence-electron chi connectivity index (χ1n) is 4.28. The Kier molecular flexibility index (Phi) is 2.28. The van der Waals surface area contributed by atoms with Gasteiger partial charge in [0.2, 0.25) is 0 Å². The van der Waals surface area contributed by atoms with E-state index in [1.165, 1.54) is 6.33 Å². The third kappa shape index (κ3) is 1.64. The van der Waals surface area contributed by atoms with E-state index in [1.54, 1.807) is 11.0 Å². The van der Waals surface area contributed by atoms with Crippen molar-refractivity contribution in [3.63, 3.8) is 0 Å². The summed E-state index contributed by atoms with van der Waals surface area (Å²) in [7, 11) is 0. The quantitative estimate of drug-likeness (QED) is 0.629. The highest BCUT2D eigenvalue weighted by Crippen LogP contribution is 2.06. The predicted octanol–water partition coefficient (Wildman–Crippen LogP) is 1.64. The molecule has 3 nitrogen and oxygen atoms in total. The Balaban J connectivity index is 2.34. The number of hydrogen-bond acceptors (Lipinski definition) is 2. The van der Waals surface area contributed by atoms with E-state index in [9.17, 15) is 0 Å². The highest BCUT2D eigenvalue weighted by Gasteiger charge is 1.94. The van der Waals surface area contributed by atoms with Gasteiger partial charge in [0, 0.05) is 5.56 Å². The van der Waals surface area contributed by atoms with E-state index >= 15 is 0 Å². The zero-order chi connectivity index (χ0) is 9.80. The molecule has 0 atom stereocenters. The Labute approximate surface area is 82.4 Å². The molecule has 0 aliphatic carbocycles. The molecule has 3 heteroatoms. The maximum absolute atomic E-state index is 4.03. The molecule has 0 N–H and O–H groups in total. The molecule has 1 aromatic carbocycles. The molecular formula is C11H9N3. The topological polar surface area (TPSA) is 30.7 Å². The van der Waals surface area contributed by atoms with Gasteiger partial charge in [-0.3, -0.25) is 0 Å². The summed E-state index contributed by atoms with van der Waals surface area (Å²) in [6.45, 7) is 1.82. The highest BCUT2D eigenvalue weighted by atomic mass is 15.3. The van der Waals surface area contributed by atoms with Crippen LogP contribution in [0, 0.1) is 11.8 Å². The van der Waals surface area contributed by atoms with Gasteiger partial charge in [0.05, 0.1) is 5.69 Å². The fourth-order valence-corrected chi connectivity index (χ4v) is 1.18. The van der Waals surface area contributed by atoms with Gasteiger partial charge in [-0.25, -0.2) is 9.67 Å². The summed E-state index contributed by atoms with van der Waals surface area (Å²) in [5, 5.41) is 4.03. The van der Waals surface area contributed by atoms with Gasteiger partial charge in [0.25, 0.3) is 0 Å². The second-order valence-corrected chi connectivity index (χ2v) is 2.76. The van der Waals surface area contributed by atoms with Crippen LogP contribution in [0.5, 0.6) is 0 Å². The van der Waals surface area contributed by atoms with Crippen molar-refractivity contribution >= 4 is 0 Å². The molecule has 0 saturated carbocycles. The molecule has 1 heterocycles. The molecule has 0 saturated heterocycles. The minimum atomic E-state index is 0.990. The Hall–Kier alpha value is -2.08. The van der Waals surface area contributed by atoms with E-state index < -0.39 is 0 Å². The first-order valence-corrected chi connectivity index (χ1v) is 4.28. The molecule has 0 aliphatic rings. The largest absolute Gasteiger partial charge is 0.223 e. The average molecular weight is 183 g/mol. The lowest BCUT2D eigenvalue weighted by molar-refractivity contribution is 0.879. The number of hydrogen-bond donors (Lipinski definition) is 0. The lowest BCUT2D eigenvalue weighted by Crippen LogP contribution is -1.93. The van der Waals surface area contributed by atoms with Gasteiger partial charge in [-0.05, 0) is 31.2 Å². The molecule has 0 radical (unpaired) electrons. The monoisotopic (exact) mass is 183 g/mol. The molecule has 2 rings (SSSR count). The van der Waals surface area contributed by atoms with Crippen LogP contribution in [0.15, 0.2) is 36.9 Å². The van der Waals surface area contributed by atoms with Crippen LogP contribution in [0.1, 0.15) is 12.5 Å². The van der Waals surface area contributed by atoms with Crippen molar-refractivity contribution in [1.29, 1.82) is 0 Å². The zero-order valence-corrected chi connectivity index (χ0v) is 7.81. The minimum absolute atomic E-state index is 0.990. The van der Waals surface area contributed by atoms with Crippen molar-refractivity contribution in [3.05, 3.63) is 42.5 Å². The number of aromatic nitrogens is 3. The maximum Gasteiger partial charge on any atom is 0.138 e. The third-order valence-electron chi connectivity index (χ3n) is 1.82. The summed E-state index contributed by atoms with van der Waals surface area (Å²) in [4.78, 5) is 3.88. The van der Waals surface area contributed by atoms with E-state index in [4.69, 9.17) is 0 Å². The highest BCUT2D eigenvalue weighted by molar-refractivity contribution is 5.40. The van der Waals surface area contributed by atoms with Crippen molar-refractivity contribution in [2.45, 2.75) is 6.92 Å². The Morgan fingerprint density at radius 2 is 2.00 bits per heavy atom. The van der Waals surface area contributed by atoms with Crippen molar-refractivity contribution in [2.75, 3.05) is 0 Å². The second-order valence-electron chi connectivity index (χ2n) is 2.76. The maximum atomic E-state index is 4.03. The standard InChI is InChI=1S/C11H9N3/c1-2-3-10-4-6-11(7-5-10)14-9-12-8-13-14/h4-9H,1H3. The van der Waals surface area contributed by atoms with Crippen molar-refractivity contribution in [1.82, 2.24) is 14.8 Å². The van der Waals surface area contributed by atoms with E-state index in [0.29, 0.717) is 0 Å². The van der Waals surface area contributed by atoms with Crippen molar-refractivity contribution < 1.29 is 0 Å². The van der Waals surface area contributed by atoms with Gasteiger partial charge >= 0.3 is 0 Å². The summed E-state index contributed by atoms with van der Waals surface area (Å²) >= 11 is 0. The van der Waals surface area contributed by atoms with Crippen LogP contribution in [-0.2, 0) is 0 Å². The van der Waals surface area contributed by atoms with Gasteiger partial charge in [0.15, 0.2) is 0 Å². The van der Waals surface area contributed by atoms with Gasteiger partial charge in [0.1, 0.15) is 12.7 Å². The molecule has 1 aromatic heterocycles. The molecule has 68 valence electrons. The lowest BCUT2D eigenvalue weighted by Gasteiger charge is -1.98. The second kappa shape index (κ2) is 3.75. The molecule has 14 heavy (non-hydrogen) atoms. The molecule has 0 unspecified atom stereocenters. The van der Waals surface area contributed by atoms with E-state index in [1.807, 2.05) is 31.2 Å². The van der Waals surface area contributed by atoms with Crippen LogP contribution < -0.4 is 0 Å². The zero-order valence-electron chi connectivity index (χ0n) is 7.81. The first kappa shape index (κ1) is 8.52. The summed E-state index contributed by atoms with van der Waals surface area (Å²) < 4.78 is 1.71. The summed E-state index contributed by atoms with van der Waals surface area (Å²) in [5.41, 5.74) is 2.00. The molecule has 0 bridgehead atoms. The van der Waals surface area contributed by atoms with Crippen LogP contribution in [0.2, 0.25) is 0 Å². The number of rotatable bonds is 1. The molecule has 0 spiro atoms. The summed E-state index contributed by atoms with van der Waals surface area (Å²) in [6, 6.07) is 7.86. The Morgan fingerprint density at radius 3 is 2.57 bits per heavy atom. The van der Waals surface area contributed by atoms with E-state index in [2.05, 4.69) is 21.9 Å².